The van der Waals surface area contributed by atoms with Gasteiger partial charge >= 0.3 is 0 Å². The van der Waals surface area contributed by atoms with Crippen LogP contribution in [0.4, 0.5) is 5.69 Å². The second kappa shape index (κ2) is 9.90. The van der Waals surface area contributed by atoms with Crippen molar-refractivity contribution < 1.29 is 14.8 Å². The van der Waals surface area contributed by atoms with Gasteiger partial charge in [-0.25, -0.2) is 5.48 Å². The SMILES string of the molecule is O=C(CCCNC(=O)c1ccc(N2CCC(c3ccccc3)CC2)cc1)NO. The van der Waals surface area contributed by atoms with Crippen LogP contribution in [0.15, 0.2) is 54.6 Å². The second-order valence-electron chi connectivity index (χ2n) is 7.11. The molecule has 0 spiro atoms. The molecule has 2 aromatic carbocycles. The molecule has 2 amide bonds. The molecule has 1 aliphatic rings. The third-order valence-corrected chi connectivity index (χ3v) is 5.25. The Balaban J connectivity index is 1.47. The number of carbonyl (C=O) groups excluding carboxylic acids is 2. The Morgan fingerprint density at radius 2 is 1.68 bits per heavy atom. The van der Waals surface area contributed by atoms with E-state index in [0.29, 0.717) is 24.4 Å². The number of nitrogens with one attached hydrogen (secondary N) is 2. The fourth-order valence-electron chi connectivity index (χ4n) is 3.63. The van der Waals surface area contributed by atoms with Gasteiger partial charge in [0.2, 0.25) is 5.91 Å². The molecule has 0 bridgehead atoms. The van der Waals surface area contributed by atoms with E-state index in [-0.39, 0.29) is 12.3 Å². The van der Waals surface area contributed by atoms with Gasteiger partial charge in [-0.15, -0.1) is 0 Å². The van der Waals surface area contributed by atoms with Crippen LogP contribution in [0.25, 0.3) is 0 Å². The molecule has 0 atom stereocenters. The summed E-state index contributed by atoms with van der Waals surface area (Å²) in [6.45, 7) is 2.41. The second-order valence-corrected chi connectivity index (χ2v) is 7.11. The summed E-state index contributed by atoms with van der Waals surface area (Å²) >= 11 is 0. The highest BCUT2D eigenvalue weighted by Gasteiger charge is 2.20. The fraction of sp³-hybridized carbons (Fsp3) is 0.364. The van der Waals surface area contributed by atoms with Gasteiger partial charge in [-0.05, 0) is 55.0 Å². The molecule has 1 heterocycles. The van der Waals surface area contributed by atoms with Crippen LogP contribution in [-0.4, -0.2) is 36.7 Å². The number of carbonyl (C=O) groups is 2. The van der Waals surface area contributed by atoms with E-state index in [2.05, 4.69) is 40.5 Å². The summed E-state index contributed by atoms with van der Waals surface area (Å²) in [4.78, 5) is 25.5. The molecule has 0 radical (unpaired) electrons. The third kappa shape index (κ3) is 5.33. The quantitative estimate of drug-likeness (QED) is 0.391. The first-order chi connectivity index (χ1) is 13.7. The summed E-state index contributed by atoms with van der Waals surface area (Å²) in [6, 6.07) is 18.4. The molecule has 1 aliphatic heterocycles. The molecule has 3 N–H and O–H groups in total. The zero-order valence-electron chi connectivity index (χ0n) is 15.9. The maximum absolute atomic E-state index is 12.2. The number of rotatable bonds is 7. The number of piperidine rings is 1. The molecule has 1 fully saturated rings. The number of hydrogen-bond acceptors (Lipinski definition) is 4. The molecule has 1 saturated heterocycles. The summed E-state index contributed by atoms with van der Waals surface area (Å²) in [5.41, 5.74) is 4.75. The largest absolute Gasteiger partial charge is 0.371 e. The molecule has 3 rings (SSSR count). The monoisotopic (exact) mass is 381 g/mol. The Bertz CT molecular complexity index is 769. The average molecular weight is 381 g/mol. The Hall–Kier alpha value is -2.86. The number of benzene rings is 2. The van der Waals surface area contributed by atoms with Crippen molar-refractivity contribution in [3.63, 3.8) is 0 Å². The van der Waals surface area contributed by atoms with Gasteiger partial charge in [-0.1, -0.05) is 30.3 Å². The number of hydrogen-bond donors (Lipinski definition) is 3. The van der Waals surface area contributed by atoms with Crippen LogP contribution in [0.2, 0.25) is 0 Å². The van der Waals surface area contributed by atoms with Crippen LogP contribution in [0.3, 0.4) is 0 Å². The van der Waals surface area contributed by atoms with Crippen molar-refractivity contribution in [3.05, 3.63) is 65.7 Å². The van der Waals surface area contributed by atoms with Crippen molar-refractivity contribution in [3.8, 4) is 0 Å². The molecule has 0 saturated carbocycles. The lowest BCUT2D eigenvalue weighted by atomic mass is 9.89. The minimum atomic E-state index is -0.449. The van der Waals surface area contributed by atoms with Crippen LogP contribution in [0, 0.1) is 0 Å². The van der Waals surface area contributed by atoms with Crippen molar-refractivity contribution in [2.24, 2.45) is 0 Å². The van der Waals surface area contributed by atoms with Crippen molar-refractivity contribution in [1.29, 1.82) is 0 Å². The molecule has 2 aromatic rings. The van der Waals surface area contributed by atoms with Crippen molar-refractivity contribution >= 4 is 17.5 Å². The molecule has 6 heteroatoms. The summed E-state index contributed by atoms with van der Waals surface area (Å²) in [5.74, 6) is 0.0174. The minimum absolute atomic E-state index is 0.154. The summed E-state index contributed by atoms with van der Waals surface area (Å²) in [5, 5.41) is 11.2. The molecule has 0 aliphatic carbocycles. The van der Waals surface area contributed by atoms with E-state index in [4.69, 9.17) is 5.21 Å². The van der Waals surface area contributed by atoms with Gasteiger partial charge in [0.1, 0.15) is 0 Å². The van der Waals surface area contributed by atoms with E-state index < -0.39 is 5.91 Å². The Morgan fingerprint density at radius 3 is 2.32 bits per heavy atom. The van der Waals surface area contributed by atoms with Crippen molar-refractivity contribution in [2.45, 2.75) is 31.6 Å². The van der Waals surface area contributed by atoms with Gasteiger partial charge in [0.15, 0.2) is 0 Å². The van der Waals surface area contributed by atoms with Gasteiger partial charge in [0, 0.05) is 37.3 Å². The first-order valence-corrected chi connectivity index (χ1v) is 9.78. The van der Waals surface area contributed by atoms with E-state index in [0.717, 1.165) is 31.6 Å². The maximum Gasteiger partial charge on any atom is 0.251 e. The molecule has 28 heavy (non-hydrogen) atoms. The average Bonchev–Trinajstić information content (AvgIpc) is 2.77. The molecule has 0 aromatic heterocycles. The van der Waals surface area contributed by atoms with E-state index in [9.17, 15) is 9.59 Å². The number of nitrogens with zero attached hydrogens (tertiary/aromatic N) is 1. The van der Waals surface area contributed by atoms with E-state index in [1.165, 1.54) is 5.56 Å². The lowest BCUT2D eigenvalue weighted by Gasteiger charge is -2.34. The molecular formula is C22H27N3O3. The molecular weight excluding hydrogens is 354 g/mol. The zero-order valence-corrected chi connectivity index (χ0v) is 15.9. The predicted molar refractivity (Wildman–Crippen MR) is 109 cm³/mol. The Labute approximate surface area is 165 Å². The number of amides is 2. The fourth-order valence-corrected chi connectivity index (χ4v) is 3.63. The van der Waals surface area contributed by atoms with Crippen LogP contribution < -0.4 is 15.7 Å². The lowest BCUT2D eigenvalue weighted by molar-refractivity contribution is -0.129. The Kier molecular flexibility index (Phi) is 7.03. The van der Waals surface area contributed by atoms with Crippen molar-refractivity contribution in [1.82, 2.24) is 10.8 Å². The van der Waals surface area contributed by atoms with Gasteiger partial charge in [0.05, 0.1) is 0 Å². The maximum atomic E-state index is 12.2. The van der Waals surface area contributed by atoms with Crippen LogP contribution in [0.5, 0.6) is 0 Å². The smallest absolute Gasteiger partial charge is 0.251 e. The lowest BCUT2D eigenvalue weighted by Crippen LogP contribution is -2.33. The predicted octanol–water partition coefficient (Wildman–Crippen LogP) is 3.09. The molecule has 0 unspecified atom stereocenters. The zero-order chi connectivity index (χ0) is 19.8. The first-order valence-electron chi connectivity index (χ1n) is 9.78. The third-order valence-electron chi connectivity index (χ3n) is 5.25. The van der Waals surface area contributed by atoms with Crippen LogP contribution in [0.1, 0.15) is 47.5 Å². The summed E-state index contributed by atoms with van der Waals surface area (Å²) < 4.78 is 0. The van der Waals surface area contributed by atoms with E-state index in [1.54, 1.807) is 5.48 Å². The standard InChI is InChI=1S/C22H27N3O3/c26-21(24-28)7-4-14-23-22(27)19-8-10-20(11-9-19)25-15-12-18(13-16-25)17-5-2-1-3-6-17/h1-3,5-6,8-11,18,28H,4,7,12-16H2,(H,23,27)(H,24,26). The highest BCUT2D eigenvalue weighted by atomic mass is 16.5. The topological polar surface area (TPSA) is 81.7 Å². The van der Waals surface area contributed by atoms with Crippen molar-refractivity contribution in [2.75, 3.05) is 24.5 Å². The van der Waals surface area contributed by atoms with Gasteiger partial charge in [-0.3, -0.25) is 14.8 Å². The van der Waals surface area contributed by atoms with E-state index in [1.807, 2.05) is 24.3 Å². The van der Waals surface area contributed by atoms with Gasteiger partial charge in [0.25, 0.3) is 5.91 Å². The minimum Gasteiger partial charge on any atom is -0.371 e. The summed E-state index contributed by atoms with van der Waals surface area (Å²) in [7, 11) is 0. The van der Waals surface area contributed by atoms with Crippen LogP contribution >= 0.6 is 0 Å². The molecule has 6 nitrogen and oxygen atoms in total. The van der Waals surface area contributed by atoms with Gasteiger partial charge in [-0.2, -0.15) is 0 Å². The van der Waals surface area contributed by atoms with Gasteiger partial charge < -0.3 is 10.2 Å². The normalized spacial score (nSPS) is 14.5. The van der Waals surface area contributed by atoms with E-state index >= 15 is 0 Å². The number of hydroxylamine groups is 1. The number of anilines is 1. The Morgan fingerprint density at radius 1 is 1.00 bits per heavy atom. The highest BCUT2D eigenvalue weighted by molar-refractivity contribution is 5.94. The molecule has 148 valence electrons. The highest BCUT2D eigenvalue weighted by Crippen LogP contribution is 2.30. The summed E-state index contributed by atoms with van der Waals surface area (Å²) in [6.07, 6.45) is 2.92. The van der Waals surface area contributed by atoms with Crippen LogP contribution in [-0.2, 0) is 4.79 Å². The first kappa shape index (κ1) is 19.9.